The predicted molar refractivity (Wildman–Crippen MR) is 177 cm³/mol. The second-order valence-corrected chi connectivity index (χ2v) is 13.2. The fourth-order valence-electron chi connectivity index (χ4n) is 6.42. The fraction of sp³-hybridized carbons (Fsp3) is 0.946. The van der Waals surface area contributed by atoms with Crippen molar-refractivity contribution in [3.05, 3.63) is 12.4 Å². The van der Waals surface area contributed by atoms with Gasteiger partial charge in [0.15, 0.2) is 0 Å². The molecular formula is C37H74N2. The molecule has 0 aromatic heterocycles. The highest BCUT2D eigenvalue weighted by atomic mass is 15.4. The summed E-state index contributed by atoms with van der Waals surface area (Å²) in [6.07, 6.45) is 45.7. The summed E-state index contributed by atoms with van der Waals surface area (Å²) in [4.78, 5) is 5.28. The molecule has 39 heavy (non-hydrogen) atoms. The van der Waals surface area contributed by atoms with Crippen LogP contribution >= 0.6 is 0 Å². The van der Waals surface area contributed by atoms with Gasteiger partial charge in [-0.1, -0.05) is 174 Å². The molecule has 0 aromatic rings. The number of nitrogens with zero attached hydrogens (tertiary/aromatic N) is 2. The second kappa shape index (κ2) is 27.5. The van der Waals surface area contributed by atoms with Crippen LogP contribution in [0, 0.1) is 0 Å². The highest BCUT2D eigenvalue weighted by Gasteiger charge is 2.26. The molecule has 232 valence electrons. The Morgan fingerprint density at radius 3 is 1.13 bits per heavy atom. The Balaban J connectivity index is 1.99. The summed E-state index contributed by atoms with van der Waals surface area (Å²) in [5.41, 5.74) is 0. The van der Waals surface area contributed by atoms with Crippen molar-refractivity contribution < 1.29 is 0 Å². The third kappa shape index (κ3) is 20.8. The molecule has 2 nitrogen and oxygen atoms in total. The third-order valence-corrected chi connectivity index (χ3v) is 9.09. The molecule has 0 saturated carbocycles. The summed E-state index contributed by atoms with van der Waals surface area (Å²) in [7, 11) is 0. The summed E-state index contributed by atoms with van der Waals surface area (Å²) < 4.78 is 0. The summed E-state index contributed by atoms with van der Waals surface area (Å²) >= 11 is 0. The lowest BCUT2D eigenvalue weighted by atomic mass is 10.0. The summed E-state index contributed by atoms with van der Waals surface area (Å²) in [5, 5.41) is 0. The Hall–Kier alpha value is -0.660. The Labute approximate surface area is 248 Å². The zero-order valence-corrected chi connectivity index (χ0v) is 27.7. The topological polar surface area (TPSA) is 6.48 Å². The van der Waals surface area contributed by atoms with Crippen LogP contribution < -0.4 is 0 Å². The van der Waals surface area contributed by atoms with E-state index in [1.165, 1.54) is 186 Å². The highest BCUT2D eigenvalue weighted by molar-refractivity contribution is 4.98. The minimum absolute atomic E-state index is 0.606. The van der Waals surface area contributed by atoms with Crippen molar-refractivity contribution >= 4 is 0 Å². The molecule has 0 amide bonds. The lowest BCUT2D eigenvalue weighted by molar-refractivity contribution is 0.114. The number of hydrogen-bond acceptors (Lipinski definition) is 2. The van der Waals surface area contributed by atoms with E-state index in [-0.39, 0.29) is 0 Å². The number of hydrogen-bond donors (Lipinski definition) is 0. The molecule has 1 aliphatic heterocycles. The molecule has 0 saturated heterocycles. The van der Waals surface area contributed by atoms with Gasteiger partial charge in [0, 0.05) is 25.0 Å². The van der Waals surface area contributed by atoms with Crippen molar-refractivity contribution in [2.75, 3.05) is 6.54 Å². The van der Waals surface area contributed by atoms with Gasteiger partial charge >= 0.3 is 0 Å². The first-order valence-electron chi connectivity index (χ1n) is 18.4. The SMILES string of the molecule is CCCCCCCCCCCCCCCCCCN1C=CN(C(C)C)C1CCCCCCCCCCCCC. The smallest absolute Gasteiger partial charge is 0.101 e. The monoisotopic (exact) mass is 547 g/mol. The Kier molecular flexibility index (Phi) is 25.6. The van der Waals surface area contributed by atoms with E-state index in [9.17, 15) is 0 Å². The van der Waals surface area contributed by atoms with Crippen molar-refractivity contribution in [3.63, 3.8) is 0 Å². The Bertz CT molecular complexity index is 514. The molecule has 0 radical (unpaired) electrons. The van der Waals surface area contributed by atoms with Gasteiger partial charge in [-0.05, 0) is 33.1 Å². The Morgan fingerprint density at radius 1 is 0.436 bits per heavy atom. The van der Waals surface area contributed by atoms with Crippen LogP contribution in [0.25, 0.3) is 0 Å². The predicted octanol–water partition coefficient (Wildman–Crippen LogP) is 12.8. The quantitative estimate of drug-likeness (QED) is 0.0826. The lowest BCUT2D eigenvalue weighted by Crippen LogP contribution is -2.42. The zero-order valence-electron chi connectivity index (χ0n) is 27.7. The zero-order chi connectivity index (χ0) is 28.2. The summed E-state index contributed by atoms with van der Waals surface area (Å²) in [6.45, 7) is 10.6. The normalized spacial score (nSPS) is 15.4. The van der Waals surface area contributed by atoms with Gasteiger partial charge in [0.25, 0.3) is 0 Å². The van der Waals surface area contributed by atoms with Gasteiger partial charge in [0.2, 0.25) is 0 Å². The molecule has 0 N–H and O–H groups in total. The molecule has 1 heterocycles. The Morgan fingerprint density at radius 2 is 0.769 bits per heavy atom. The molecule has 1 unspecified atom stereocenters. The number of rotatable bonds is 30. The molecule has 1 atom stereocenters. The van der Waals surface area contributed by atoms with Crippen LogP contribution in [0.5, 0.6) is 0 Å². The van der Waals surface area contributed by atoms with Crippen LogP contribution in [0.1, 0.15) is 207 Å². The molecule has 2 heteroatoms. The van der Waals surface area contributed by atoms with Crippen molar-refractivity contribution in [1.82, 2.24) is 9.80 Å². The van der Waals surface area contributed by atoms with Crippen LogP contribution in [0.3, 0.4) is 0 Å². The second-order valence-electron chi connectivity index (χ2n) is 13.2. The van der Waals surface area contributed by atoms with Gasteiger partial charge in [-0.15, -0.1) is 0 Å². The van der Waals surface area contributed by atoms with Crippen LogP contribution in [0.15, 0.2) is 12.4 Å². The van der Waals surface area contributed by atoms with E-state index >= 15 is 0 Å². The number of unbranched alkanes of at least 4 members (excludes halogenated alkanes) is 25. The van der Waals surface area contributed by atoms with Gasteiger partial charge in [0.05, 0.1) is 0 Å². The minimum Gasteiger partial charge on any atom is -0.356 e. The first kappa shape index (κ1) is 36.4. The van der Waals surface area contributed by atoms with Gasteiger partial charge in [-0.2, -0.15) is 0 Å². The fourth-order valence-corrected chi connectivity index (χ4v) is 6.42. The molecule has 0 spiro atoms. The maximum atomic E-state index is 2.67. The largest absolute Gasteiger partial charge is 0.356 e. The van der Waals surface area contributed by atoms with E-state index in [0.29, 0.717) is 12.2 Å². The molecule has 0 aromatic carbocycles. The molecule has 0 aliphatic carbocycles. The van der Waals surface area contributed by atoms with E-state index < -0.39 is 0 Å². The summed E-state index contributed by atoms with van der Waals surface area (Å²) in [6, 6.07) is 0.606. The van der Waals surface area contributed by atoms with Crippen molar-refractivity contribution in [2.24, 2.45) is 0 Å². The van der Waals surface area contributed by atoms with E-state index in [4.69, 9.17) is 0 Å². The molecular weight excluding hydrogens is 472 g/mol. The molecule has 0 fully saturated rings. The standard InChI is InChI=1S/C37H74N2/c1-5-7-9-11-13-15-17-18-19-20-21-23-25-27-29-31-33-38-34-35-39(36(3)4)37(38)32-30-28-26-24-22-16-14-12-10-8-6-2/h34-37H,5-33H2,1-4H3. The van der Waals surface area contributed by atoms with E-state index in [0.717, 1.165) is 0 Å². The maximum Gasteiger partial charge on any atom is 0.101 e. The highest BCUT2D eigenvalue weighted by Crippen LogP contribution is 2.25. The average Bonchev–Trinajstić information content (AvgIpc) is 3.34. The van der Waals surface area contributed by atoms with Crippen LogP contribution in [-0.2, 0) is 0 Å². The van der Waals surface area contributed by atoms with Crippen molar-refractivity contribution in [1.29, 1.82) is 0 Å². The van der Waals surface area contributed by atoms with Crippen molar-refractivity contribution in [2.45, 2.75) is 220 Å². The van der Waals surface area contributed by atoms with Gasteiger partial charge in [0.1, 0.15) is 6.17 Å². The van der Waals surface area contributed by atoms with Crippen LogP contribution in [-0.4, -0.2) is 28.6 Å². The third-order valence-electron chi connectivity index (χ3n) is 9.09. The van der Waals surface area contributed by atoms with Gasteiger partial charge in [-0.25, -0.2) is 0 Å². The van der Waals surface area contributed by atoms with Gasteiger partial charge in [-0.3, -0.25) is 0 Å². The van der Waals surface area contributed by atoms with E-state index in [1.807, 2.05) is 0 Å². The first-order valence-corrected chi connectivity index (χ1v) is 18.4. The van der Waals surface area contributed by atoms with Gasteiger partial charge < -0.3 is 9.80 Å². The molecule has 1 aliphatic rings. The minimum atomic E-state index is 0.606. The van der Waals surface area contributed by atoms with E-state index in [1.54, 1.807) is 0 Å². The molecule has 0 bridgehead atoms. The van der Waals surface area contributed by atoms with Crippen molar-refractivity contribution in [3.8, 4) is 0 Å². The lowest BCUT2D eigenvalue weighted by Gasteiger charge is -2.35. The molecule has 1 rings (SSSR count). The van der Waals surface area contributed by atoms with Crippen LogP contribution in [0.2, 0.25) is 0 Å². The average molecular weight is 547 g/mol. The van der Waals surface area contributed by atoms with E-state index in [2.05, 4.69) is 49.9 Å². The maximum absolute atomic E-state index is 2.67. The van der Waals surface area contributed by atoms with Crippen LogP contribution in [0.4, 0.5) is 0 Å². The first-order chi connectivity index (χ1) is 19.2. The summed E-state index contributed by atoms with van der Waals surface area (Å²) in [5.74, 6) is 0.